The van der Waals surface area contributed by atoms with Crippen LogP contribution in [0.5, 0.6) is 0 Å². The molecule has 0 unspecified atom stereocenters. The van der Waals surface area contributed by atoms with Crippen LogP contribution >= 0.6 is 0 Å². The average molecular weight is 247 g/mol. The van der Waals surface area contributed by atoms with Gasteiger partial charge in [-0.15, -0.1) is 0 Å². The molecule has 0 saturated carbocycles. The van der Waals surface area contributed by atoms with Crippen LogP contribution in [-0.4, -0.2) is 18.1 Å². The minimum Gasteiger partial charge on any atom is -0.356 e. The number of pyridine rings is 1. The van der Waals surface area contributed by atoms with E-state index in [9.17, 15) is 0 Å². The highest BCUT2D eigenvalue weighted by Crippen LogP contribution is 2.29. The van der Waals surface area contributed by atoms with Crippen molar-refractivity contribution in [2.24, 2.45) is 17.6 Å². The van der Waals surface area contributed by atoms with Gasteiger partial charge < -0.3 is 10.6 Å². The highest BCUT2D eigenvalue weighted by atomic mass is 15.2. The van der Waals surface area contributed by atoms with Crippen LogP contribution in [0.15, 0.2) is 18.3 Å². The molecule has 100 valence electrons. The maximum Gasteiger partial charge on any atom is 0.133 e. The summed E-state index contributed by atoms with van der Waals surface area (Å²) >= 11 is 0. The van der Waals surface area contributed by atoms with E-state index in [1.54, 1.807) is 0 Å². The largest absolute Gasteiger partial charge is 0.356 e. The molecule has 0 amide bonds. The Morgan fingerprint density at radius 3 is 2.50 bits per heavy atom. The summed E-state index contributed by atoms with van der Waals surface area (Å²) in [6.45, 7) is 8.91. The molecule has 1 atom stereocenters. The first kappa shape index (κ1) is 13.3. The molecular formula is C15H25N3. The zero-order valence-corrected chi connectivity index (χ0v) is 11.8. The summed E-state index contributed by atoms with van der Waals surface area (Å²) in [5.41, 5.74) is 7.20. The van der Waals surface area contributed by atoms with Gasteiger partial charge in [0.25, 0.3) is 0 Å². The lowest BCUT2D eigenvalue weighted by atomic mass is 9.86. The average Bonchev–Trinajstić information content (AvgIpc) is 2.39. The molecule has 1 aromatic rings. The first-order valence-corrected chi connectivity index (χ1v) is 7.05. The van der Waals surface area contributed by atoms with Gasteiger partial charge in [-0.25, -0.2) is 4.98 Å². The van der Waals surface area contributed by atoms with Crippen LogP contribution in [0.25, 0.3) is 0 Å². The van der Waals surface area contributed by atoms with E-state index in [1.165, 1.54) is 18.4 Å². The summed E-state index contributed by atoms with van der Waals surface area (Å²) < 4.78 is 0. The SMILES string of the molecule is CC(C)C1CCN(c2ncccc2[C@H](C)N)CC1. The van der Waals surface area contributed by atoms with Gasteiger partial charge in [-0.1, -0.05) is 19.9 Å². The molecule has 1 saturated heterocycles. The van der Waals surface area contributed by atoms with Gasteiger partial charge in [-0.05, 0) is 37.7 Å². The van der Waals surface area contributed by atoms with E-state index in [2.05, 4.69) is 29.8 Å². The van der Waals surface area contributed by atoms with E-state index in [4.69, 9.17) is 5.73 Å². The third-order valence-electron chi connectivity index (χ3n) is 4.09. The molecule has 2 N–H and O–H groups in total. The molecule has 18 heavy (non-hydrogen) atoms. The fourth-order valence-electron chi connectivity index (χ4n) is 2.81. The lowest BCUT2D eigenvalue weighted by Crippen LogP contribution is -2.36. The molecular weight excluding hydrogens is 222 g/mol. The van der Waals surface area contributed by atoms with E-state index in [-0.39, 0.29) is 6.04 Å². The van der Waals surface area contributed by atoms with Crippen LogP contribution in [0.1, 0.15) is 45.2 Å². The van der Waals surface area contributed by atoms with Crippen molar-refractivity contribution in [1.82, 2.24) is 4.98 Å². The zero-order chi connectivity index (χ0) is 13.1. The topological polar surface area (TPSA) is 42.2 Å². The fourth-order valence-corrected chi connectivity index (χ4v) is 2.81. The number of hydrogen-bond acceptors (Lipinski definition) is 3. The van der Waals surface area contributed by atoms with Gasteiger partial charge in [0.05, 0.1) is 0 Å². The van der Waals surface area contributed by atoms with Crippen molar-refractivity contribution in [2.75, 3.05) is 18.0 Å². The number of nitrogens with two attached hydrogens (primary N) is 1. The van der Waals surface area contributed by atoms with Crippen molar-refractivity contribution in [3.8, 4) is 0 Å². The normalized spacial score (nSPS) is 19.3. The van der Waals surface area contributed by atoms with Crippen molar-refractivity contribution in [3.63, 3.8) is 0 Å². The number of nitrogens with zero attached hydrogens (tertiary/aromatic N) is 2. The third-order valence-corrected chi connectivity index (χ3v) is 4.09. The molecule has 2 heterocycles. The molecule has 0 spiro atoms. The quantitative estimate of drug-likeness (QED) is 0.893. The molecule has 1 aliphatic rings. The minimum absolute atomic E-state index is 0.0523. The molecule has 2 rings (SSSR count). The Balaban J connectivity index is 2.10. The Labute approximate surface area is 110 Å². The third kappa shape index (κ3) is 2.83. The second kappa shape index (κ2) is 5.70. The highest BCUT2D eigenvalue weighted by molar-refractivity contribution is 5.48. The molecule has 1 aromatic heterocycles. The monoisotopic (exact) mass is 247 g/mol. The molecule has 0 aromatic carbocycles. The van der Waals surface area contributed by atoms with Gasteiger partial charge in [0.1, 0.15) is 5.82 Å². The summed E-state index contributed by atoms with van der Waals surface area (Å²) in [6.07, 6.45) is 4.41. The molecule has 0 bridgehead atoms. The van der Waals surface area contributed by atoms with Gasteiger partial charge in [0.15, 0.2) is 0 Å². The standard InChI is InChI=1S/C15H25N3/c1-11(2)13-6-9-18(10-7-13)15-14(12(3)16)5-4-8-17-15/h4-5,8,11-13H,6-7,9-10,16H2,1-3H3/t12-/m0/s1. The molecule has 1 fully saturated rings. The maximum absolute atomic E-state index is 6.03. The van der Waals surface area contributed by atoms with Gasteiger partial charge >= 0.3 is 0 Å². The van der Waals surface area contributed by atoms with Gasteiger partial charge in [0, 0.05) is 30.9 Å². The minimum atomic E-state index is 0.0523. The van der Waals surface area contributed by atoms with Crippen LogP contribution in [0, 0.1) is 11.8 Å². The van der Waals surface area contributed by atoms with E-state index in [1.807, 2.05) is 19.2 Å². The number of hydrogen-bond donors (Lipinski definition) is 1. The first-order valence-electron chi connectivity index (χ1n) is 7.05. The van der Waals surface area contributed by atoms with Crippen LogP contribution in [0.3, 0.4) is 0 Å². The van der Waals surface area contributed by atoms with Crippen LogP contribution in [0.2, 0.25) is 0 Å². The predicted molar refractivity (Wildman–Crippen MR) is 76.6 cm³/mol. The summed E-state index contributed by atoms with van der Waals surface area (Å²) in [4.78, 5) is 6.94. The number of piperidine rings is 1. The van der Waals surface area contributed by atoms with Gasteiger partial charge in [-0.2, -0.15) is 0 Å². The van der Waals surface area contributed by atoms with Crippen molar-refractivity contribution in [1.29, 1.82) is 0 Å². The highest BCUT2D eigenvalue weighted by Gasteiger charge is 2.24. The smallest absolute Gasteiger partial charge is 0.133 e. The number of aromatic nitrogens is 1. The predicted octanol–water partition coefficient (Wildman–Crippen LogP) is 2.97. The van der Waals surface area contributed by atoms with Gasteiger partial charge in [0.2, 0.25) is 0 Å². The molecule has 3 heteroatoms. The second-order valence-corrected chi connectivity index (χ2v) is 5.77. The van der Waals surface area contributed by atoms with Crippen molar-refractivity contribution >= 4 is 5.82 Å². The van der Waals surface area contributed by atoms with E-state index >= 15 is 0 Å². The lowest BCUT2D eigenvalue weighted by Gasteiger charge is -2.35. The summed E-state index contributed by atoms with van der Waals surface area (Å²) in [5, 5.41) is 0. The van der Waals surface area contributed by atoms with E-state index in [0.717, 1.165) is 30.7 Å². The molecule has 0 aliphatic carbocycles. The molecule has 1 aliphatic heterocycles. The van der Waals surface area contributed by atoms with Crippen molar-refractivity contribution < 1.29 is 0 Å². The lowest BCUT2D eigenvalue weighted by molar-refractivity contribution is 0.310. The van der Waals surface area contributed by atoms with Crippen molar-refractivity contribution in [2.45, 2.75) is 39.7 Å². The Morgan fingerprint density at radius 1 is 1.28 bits per heavy atom. The Kier molecular flexibility index (Phi) is 4.23. The summed E-state index contributed by atoms with van der Waals surface area (Å²) in [5.74, 6) is 2.75. The fraction of sp³-hybridized carbons (Fsp3) is 0.667. The van der Waals surface area contributed by atoms with Crippen LogP contribution in [-0.2, 0) is 0 Å². The summed E-state index contributed by atoms with van der Waals surface area (Å²) in [6, 6.07) is 4.13. The van der Waals surface area contributed by atoms with Crippen LogP contribution in [0.4, 0.5) is 5.82 Å². The Hall–Kier alpha value is -1.09. The van der Waals surface area contributed by atoms with E-state index in [0.29, 0.717) is 0 Å². The second-order valence-electron chi connectivity index (χ2n) is 5.77. The number of anilines is 1. The van der Waals surface area contributed by atoms with E-state index < -0.39 is 0 Å². The molecule has 0 radical (unpaired) electrons. The number of rotatable bonds is 3. The molecule has 3 nitrogen and oxygen atoms in total. The zero-order valence-electron chi connectivity index (χ0n) is 11.8. The summed E-state index contributed by atoms with van der Waals surface area (Å²) in [7, 11) is 0. The van der Waals surface area contributed by atoms with Crippen LogP contribution < -0.4 is 10.6 Å². The maximum atomic E-state index is 6.03. The Bertz CT molecular complexity index is 379. The first-order chi connectivity index (χ1) is 8.59. The van der Waals surface area contributed by atoms with Crippen molar-refractivity contribution in [3.05, 3.63) is 23.9 Å². The Morgan fingerprint density at radius 2 is 1.94 bits per heavy atom. The van der Waals surface area contributed by atoms with Gasteiger partial charge in [-0.3, -0.25) is 0 Å².